The maximum atomic E-state index is 12.6. The number of thioether (sulfide) groups is 1. The number of hydrogen-bond donors (Lipinski definition) is 0. The second-order valence-electron chi connectivity index (χ2n) is 6.61. The molecule has 0 aliphatic heterocycles. The summed E-state index contributed by atoms with van der Waals surface area (Å²) in [6, 6.07) is 9.19. The van der Waals surface area contributed by atoms with Gasteiger partial charge in [-0.25, -0.2) is 0 Å². The molecule has 1 aliphatic rings. The van der Waals surface area contributed by atoms with Crippen LogP contribution in [0.1, 0.15) is 58.4 Å². The Bertz CT molecular complexity index is 824. The highest BCUT2D eigenvalue weighted by atomic mass is 32.2. The first kappa shape index (κ1) is 17.7. The number of aryl methyl sites for hydroxylation is 1. The van der Waals surface area contributed by atoms with Gasteiger partial charge in [-0.2, -0.15) is 0 Å². The van der Waals surface area contributed by atoms with Gasteiger partial charge in [0.05, 0.1) is 10.7 Å². The number of carbonyl (C=O) groups is 1. The number of nitrogens with zero attached hydrogens (tertiary/aromatic N) is 2. The molecule has 0 amide bonds. The van der Waals surface area contributed by atoms with Crippen molar-refractivity contribution in [2.45, 2.75) is 44.9 Å². The number of rotatable bonds is 7. The van der Waals surface area contributed by atoms with Crippen molar-refractivity contribution in [3.8, 4) is 0 Å². The third-order valence-corrected chi connectivity index (χ3v) is 5.91. The Hall–Kier alpha value is -2.08. The van der Waals surface area contributed by atoms with E-state index >= 15 is 0 Å². The standard InChI is InChI=1S/C19H22N2O3S/c1-12-9-18(13(2)20(12)16-7-8-16)19(22)11-25-14(3)15-5-4-6-17(10-15)21(23)24/h4-6,9-10,14,16H,7-8,11H2,1-3H3/t14-/m0/s1. The second-order valence-corrected chi connectivity index (χ2v) is 7.94. The normalized spacial score (nSPS) is 15.2. The first-order chi connectivity index (χ1) is 11.9. The number of nitro benzene ring substituents is 1. The van der Waals surface area contributed by atoms with Crippen LogP contribution in [0.2, 0.25) is 0 Å². The molecule has 0 unspecified atom stereocenters. The first-order valence-electron chi connectivity index (χ1n) is 8.46. The van der Waals surface area contributed by atoms with Crippen molar-refractivity contribution in [3.63, 3.8) is 0 Å². The molecule has 0 spiro atoms. The molecule has 1 aromatic carbocycles. The van der Waals surface area contributed by atoms with E-state index in [9.17, 15) is 14.9 Å². The molecule has 1 saturated carbocycles. The highest BCUT2D eigenvalue weighted by Crippen LogP contribution is 2.39. The summed E-state index contributed by atoms with van der Waals surface area (Å²) in [6.07, 6.45) is 2.39. The summed E-state index contributed by atoms with van der Waals surface area (Å²) in [6.45, 7) is 6.05. The van der Waals surface area contributed by atoms with Crippen molar-refractivity contribution in [2.75, 3.05) is 5.75 Å². The molecule has 25 heavy (non-hydrogen) atoms. The molecular weight excluding hydrogens is 336 g/mol. The molecule has 1 aromatic heterocycles. The quantitative estimate of drug-likeness (QED) is 0.396. The van der Waals surface area contributed by atoms with E-state index in [0.29, 0.717) is 11.8 Å². The third kappa shape index (κ3) is 3.79. The lowest BCUT2D eigenvalue weighted by Gasteiger charge is -2.11. The summed E-state index contributed by atoms with van der Waals surface area (Å²) in [4.78, 5) is 23.2. The number of carbonyl (C=O) groups excluding carboxylic acids is 1. The van der Waals surface area contributed by atoms with Gasteiger partial charge in [-0.3, -0.25) is 14.9 Å². The van der Waals surface area contributed by atoms with Gasteiger partial charge in [-0.15, -0.1) is 11.8 Å². The van der Waals surface area contributed by atoms with Crippen LogP contribution in [0.5, 0.6) is 0 Å². The SMILES string of the molecule is Cc1cc(C(=O)CS[C@@H](C)c2cccc([N+](=O)[O-])c2)c(C)n1C1CC1. The van der Waals surface area contributed by atoms with Crippen molar-refractivity contribution in [2.24, 2.45) is 0 Å². The molecular formula is C19H22N2O3S. The molecule has 0 radical (unpaired) electrons. The van der Waals surface area contributed by atoms with Crippen LogP contribution >= 0.6 is 11.8 Å². The average molecular weight is 358 g/mol. The Morgan fingerprint density at radius 2 is 2.08 bits per heavy atom. The largest absolute Gasteiger partial charge is 0.345 e. The summed E-state index contributed by atoms with van der Waals surface area (Å²) >= 11 is 1.52. The Morgan fingerprint density at radius 1 is 1.36 bits per heavy atom. The van der Waals surface area contributed by atoms with Gasteiger partial charge in [0.1, 0.15) is 0 Å². The van der Waals surface area contributed by atoms with Crippen molar-refractivity contribution >= 4 is 23.2 Å². The van der Waals surface area contributed by atoms with E-state index in [0.717, 1.165) is 22.5 Å². The fourth-order valence-electron chi connectivity index (χ4n) is 3.22. The summed E-state index contributed by atoms with van der Waals surface area (Å²) in [5.41, 5.74) is 3.98. The minimum Gasteiger partial charge on any atom is -0.345 e. The lowest BCUT2D eigenvalue weighted by molar-refractivity contribution is -0.384. The Kier molecular flexibility index (Phi) is 4.99. The highest BCUT2D eigenvalue weighted by Gasteiger charge is 2.28. The molecule has 2 aromatic rings. The molecule has 5 nitrogen and oxygen atoms in total. The van der Waals surface area contributed by atoms with E-state index in [4.69, 9.17) is 0 Å². The number of benzene rings is 1. The molecule has 1 heterocycles. The van der Waals surface area contributed by atoms with Gasteiger partial charge in [0, 0.05) is 40.4 Å². The lowest BCUT2D eigenvalue weighted by atomic mass is 10.1. The van der Waals surface area contributed by atoms with Gasteiger partial charge >= 0.3 is 0 Å². The summed E-state index contributed by atoms with van der Waals surface area (Å²) in [7, 11) is 0. The van der Waals surface area contributed by atoms with Crippen molar-refractivity contribution in [3.05, 3.63) is 63.0 Å². The van der Waals surface area contributed by atoms with Crippen molar-refractivity contribution < 1.29 is 9.72 Å². The predicted molar refractivity (Wildman–Crippen MR) is 100 cm³/mol. The summed E-state index contributed by atoms with van der Waals surface area (Å²) in [5, 5.41) is 10.9. The van der Waals surface area contributed by atoms with E-state index in [-0.39, 0.29) is 16.7 Å². The van der Waals surface area contributed by atoms with Gasteiger partial charge in [0.15, 0.2) is 5.78 Å². The van der Waals surface area contributed by atoms with E-state index in [2.05, 4.69) is 11.5 Å². The van der Waals surface area contributed by atoms with Crippen LogP contribution in [0.4, 0.5) is 5.69 Å². The van der Waals surface area contributed by atoms with E-state index in [1.54, 1.807) is 12.1 Å². The van der Waals surface area contributed by atoms with Gasteiger partial charge in [0.2, 0.25) is 0 Å². The zero-order chi connectivity index (χ0) is 18.1. The van der Waals surface area contributed by atoms with Crippen molar-refractivity contribution in [1.82, 2.24) is 4.57 Å². The van der Waals surface area contributed by atoms with Gasteiger partial charge in [0.25, 0.3) is 5.69 Å². The van der Waals surface area contributed by atoms with Gasteiger partial charge in [-0.05, 0) is 45.2 Å². The van der Waals surface area contributed by atoms with Crippen LogP contribution in [0.25, 0.3) is 0 Å². The first-order valence-corrected chi connectivity index (χ1v) is 9.51. The highest BCUT2D eigenvalue weighted by molar-refractivity contribution is 8.00. The van der Waals surface area contributed by atoms with Crippen molar-refractivity contribution in [1.29, 1.82) is 0 Å². The molecule has 6 heteroatoms. The second kappa shape index (κ2) is 7.04. The Morgan fingerprint density at radius 3 is 2.72 bits per heavy atom. The smallest absolute Gasteiger partial charge is 0.269 e. The van der Waals surface area contributed by atoms with Gasteiger partial charge in [-0.1, -0.05) is 12.1 Å². The molecule has 132 valence electrons. The molecule has 0 bridgehead atoms. The van der Waals surface area contributed by atoms with Crippen LogP contribution in [-0.2, 0) is 0 Å². The molecule has 0 saturated heterocycles. The van der Waals surface area contributed by atoms with E-state index in [1.807, 2.05) is 26.0 Å². The molecule has 1 fully saturated rings. The average Bonchev–Trinajstić information content (AvgIpc) is 3.37. The number of non-ortho nitro benzene ring substituents is 1. The zero-order valence-corrected chi connectivity index (χ0v) is 15.5. The van der Waals surface area contributed by atoms with Crippen LogP contribution in [0.15, 0.2) is 30.3 Å². The minimum absolute atomic E-state index is 0.0239. The fourth-order valence-corrected chi connectivity index (χ4v) is 4.12. The number of Topliss-reactive ketones (excluding diaryl/α,β-unsaturated/α-hetero) is 1. The number of ketones is 1. The molecule has 1 atom stereocenters. The number of aromatic nitrogens is 1. The van der Waals surface area contributed by atoms with Gasteiger partial charge < -0.3 is 4.57 Å². The molecule has 1 aliphatic carbocycles. The summed E-state index contributed by atoms with van der Waals surface area (Å²) < 4.78 is 2.28. The monoisotopic (exact) mass is 358 g/mol. The minimum atomic E-state index is -0.390. The van der Waals surface area contributed by atoms with Crippen LogP contribution in [0, 0.1) is 24.0 Å². The van der Waals surface area contributed by atoms with Crippen LogP contribution in [0.3, 0.4) is 0 Å². The maximum absolute atomic E-state index is 12.6. The molecule has 0 N–H and O–H groups in total. The predicted octanol–water partition coefficient (Wildman–Crippen LogP) is 5.03. The summed E-state index contributed by atoms with van der Waals surface area (Å²) in [5.74, 6) is 0.501. The Balaban J connectivity index is 1.67. The zero-order valence-electron chi connectivity index (χ0n) is 14.7. The number of hydrogen-bond acceptors (Lipinski definition) is 4. The van der Waals surface area contributed by atoms with E-state index in [1.165, 1.54) is 30.7 Å². The van der Waals surface area contributed by atoms with Crippen LogP contribution < -0.4 is 0 Å². The third-order valence-electron chi connectivity index (χ3n) is 4.71. The lowest BCUT2D eigenvalue weighted by Crippen LogP contribution is -2.07. The topological polar surface area (TPSA) is 65.1 Å². The molecule has 3 rings (SSSR count). The van der Waals surface area contributed by atoms with E-state index < -0.39 is 4.92 Å². The van der Waals surface area contributed by atoms with Crippen LogP contribution in [-0.4, -0.2) is 21.0 Å². The number of nitro groups is 1. The Labute approximate surface area is 151 Å². The maximum Gasteiger partial charge on any atom is 0.269 e. The fraction of sp³-hybridized carbons (Fsp3) is 0.421.